The number of aromatic nitrogens is 1. The van der Waals surface area contributed by atoms with Crippen LogP contribution in [0.2, 0.25) is 0 Å². The van der Waals surface area contributed by atoms with Crippen molar-refractivity contribution in [2.24, 2.45) is 5.73 Å². The molecule has 1 aromatic heterocycles. The van der Waals surface area contributed by atoms with Crippen molar-refractivity contribution in [2.75, 3.05) is 18.8 Å². The van der Waals surface area contributed by atoms with Crippen molar-refractivity contribution in [3.8, 4) is 0 Å². The standard InChI is InChI=1S/C15H28N4/c1-5-15(4,19(6-2)7-3)13(16)11-12-9-8-10-18-14(12)17/h8-10,13H,5-7,11,16H2,1-4H3,(H2,17,18). The molecule has 0 fully saturated rings. The Bertz CT molecular complexity index is 389. The molecule has 4 nitrogen and oxygen atoms in total. The summed E-state index contributed by atoms with van der Waals surface area (Å²) in [6, 6.07) is 3.98. The zero-order valence-electron chi connectivity index (χ0n) is 12.7. The molecule has 0 saturated heterocycles. The molecule has 0 spiro atoms. The van der Waals surface area contributed by atoms with Gasteiger partial charge in [-0.15, -0.1) is 0 Å². The zero-order valence-corrected chi connectivity index (χ0v) is 12.7. The predicted molar refractivity (Wildman–Crippen MR) is 81.9 cm³/mol. The van der Waals surface area contributed by atoms with Crippen molar-refractivity contribution in [3.05, 3.63) is 23.9 Å². The molecule has 108 valence electrons. The van der Waals surface area contributed by atoms with Crippen LogP contribution in [0, 0.1) is 0 Å². The largest absolute Gasteiger partial charge is 0.383 e. The lowest BCUT2D eigenvalue weighted by Gasteiger charge is -2.44. The van der Waals surface area contributed by atoms with Gasteiger partial charge >= 0.3 is 0 Å². The minimum absolute atomic E-state index is 0.00815. The first-order valence-corrected chi connectivity index (χ1v) is 7.19. The Hall–Kier alpha value is -1.13. The van der Waals surface area contributed by atoms with Gasteiger partial charge < -0.3 is 11.5 Å². The lowest BCUT2D eigenvalue weighted by molar-refractivity contribution is 0.0845. The number of nitrogens with two attached hydrogens (primary N) is 2. The fourth-order valence-electron chi connectivity index (χ4n) is 2.75. The third kappa shape index (κ3) is 3.45. The Morgan fingerprint density at radius 3 is 2.42 bits per heavy atom. The van der Waals surface area contributed by atoms with Crippen molar-refractivity contribution in [2.45, 2.75) is 52.1 Å². The van der Waals surface area contributed by atoms with Gasteiger partial charge in [0.25, 0.3) is 0 Å². The summed E-state index contributed by atoms with van der Waals surface area (Å²) in [6.45, 7) is 10.8. The molecule has 1 aromatic rings. The number of anilines is 1. The van der Waals surface area contributed by atoms with E-state index in [4.69, 9.17) is 11.5 Å². The van der Waals surface area contributed by atoms with Crippen LogP contribution in [0.5, 0.6) is 0 Å². The highest BCUT2D eigenvalue weighted by atomic mass is 15.2. The van der Waals surface area contributed by atoms with Gasteiger partial charge in [-0.1, -0.05) is 26.8 Å². The van der Waals surface area contributed by atoms with Crippen molar-refractivity contribution in [3.63, 3.8) is 0 Å². The first-order valence-electron chi connectivity index (χ1n) is 7.19. The Morgan fingerprint density at radius 2 is 1.95 bits per heavy atom. The van der Waals surface area contributed by atoms with E-state index >= 15 is 0 Å². The molecule has 0 aliphatic heterocycles. The number of pyridine rings is 1. The normalized spacial score (nSPS) is 16.3. The Labute approximate surface area is 117 Å². The maximum Gasteiger partial charge on any atom is 0.126 e. The summed E-state index contributed by atoms with van der Waals surface area (Å²) in [4.78, 5) is 6.57. The molecule has 4 N–H and O–H groups in total. The van der Waals surface area contributed by atoms with Crippen molar-refractivity contribution >= 4 is 5.82 Å². The molecule has 1 rings (SSSR count). The van der Waals surface area contributed by atoms with Crippen LogP contribution < -0.4 is 11.5 Å². The summed E-state index contributed by atoms with van der Waals surface area (Å²) in [5.74, 6) is 0.593. The van der Waals surface area contributed by atoms with Gasteiger partial charge in [-0.25, -0.2) is 4.98 Å². The first kappa shape index (κ1) is 15.9. The average molecular weight is 264 g/mol. The van der Waals surface area contributed by atoms with E-state index in [0.29, 0.717) is 5.82 Å². The molecule has 2 unspecified atom stereocenters. The lowest BCUT2D eigenvalue weighted by atomic mass is 9.84. The summed E-state index contributed by atoms with van der Waals surface area (Å²) in [7, 11) is 0. The van der Waals surface area contributed by atoms with Gasteiger partial charge in [0.2, 0.25) is 0 Å². The first-order chi connectivity index (χ1) is 8.99. The summed E-state index contributed by atoms with van der Waals surface area (Å²) >= 11 is 0. The van der Waals surface area contributed by atoms with Gasteiger partial charge in [0.05, 0.1) is 0 Å². The predicted octanol–water partition coefficient (Wildman–Crippen LogP) is 2.04. The molecule has 0 saturated carbocycles. The zero-order chi connectivity index (χ0) is 14.5. The van der Waals surface area contributed by atoms with E-state index in [1.807, 2.05) is 12.1 Å². The van der Waals surface area contributed by atoms with E-state index in [1.165, 1.54) is 0 Å². The highest BCUT2D eigenvalue weighted by Gasteiger charge is 2.34. The minimum atomic E-state index is -0.00815. The van der Waals surface area contributed by atoms with E-state index in [2.05, 4.69) is 37.6 Å². The van der Waals surface area contributed by atoms with E-state index in [1.54, 1.807) is 6.20 Å². The molecule has 2 atom stereocenters. The second-order valence-electron chi connectivity index (χ2n) is 5.24. The van der Waals surface area contributed by atoms with Gasteiger partial charge in [-0.2, -0.15) is 0 Å². The van der Waals surface area contributed by atoms with Crippen LogP contribution in [0.3, 0.4) is 0 Å². The highest BCUT2D eigenvalue weighted by molar-refractivity contribution is 5.39. The summed E-state index contributed by atoms with van der Waals surface area (Å²) in [6.07, 6.45) is 3.50. The fourth-order valence-corrected chi connectivity index (χ4v) is 2.75. The molecule has 0 bridgehead atoms. The molecule has 1 heterocycles. The third-order valence-corrected chi connectivity index (χ3v) is 4.37. The molecule has 0 aliphatic carbocycles. The molecule has 0 aromatic carbocycles. The maximum absolute atomic E-state index is 6.49. The van der Waals surface area contributed by atoms with E-state index in [0.717, 1.165) is 31.5 Å². The van der Waals surface area contributed by atoms with E-state index < -0.39 is 0 Å². The van der Waals surface area contributed by atoms with Gasteiger partial charge in [0.15, 0.2) is 0 Å². The van der Waals surface area contributed by atoms with Gasteiger partial charge in [0, 0.05) is 17.8 Å². The molecule has 0 amide bonds. The molecular formula is C15H28N4. The quantitative estimate of drug-likeness (QED) is 0.791. The van der Waals surface area contributed by atoms with Crippen molar-refractivity contribution < 1.29 is 0 Å². The topological polar surface area (TPSA) is 68.2 Å². The Morgan fingerprint density at radius 1 is 1.32 bits per heavy atom. The van der Waals surface area contributed by atoms with Crippen LogP contribution in [-0.4, -0.2) is 34.6 Å². The van der Waals surface area contributed by atoms with Crippen LogP contribution in [-0.2, 0) is 6.42 Å². The van der Waals surface area contributed by atoms with Crippen LogP contribution in [0.1, 0.15) is 39.7 Å². The number of nitrogen functional groups attached to an aromatic ring is 1. The second kappa shape index (κ2) is 6.87. The molecule has 0 aliphatic rings. The third-order valence-electron chi connectivity index (χ3n) is 4.37. The van der Waals surface area contributed by atoms with Crippen LogP contribution in [0.4, 0.5) is 5.82 Å². The van der Waals surface area contributed by atoms with Crippen LogP contribution >= 0.6 is 0 Å². The van der Waals surface area contributed by atoms with Crippen molar-refractivity contribution in [1.82, 2.24) is 9.88 Å². The number of rotatable bonds is 7. The second-order valence-corrected chi connectivity index (χ2v) is 5.24. The Kier molecular flexibility index (Phi) is 5.76. The summed E-state index contributed by atoms with van der Waals surface area (Å²) in [5.41, 5.74) is 13.4. The van der Waals surface area contributed by atoms with Gasteiger partial charge in [-0.3, -0.25) is 4.90 Å². The van der Waals surface area contributed by atoms with Gasteiger partial charge in [0.1, 0.15) is 5.82 Å². The summed E-state index contributed by atoms with van der Waals surface area (Å²) in [5, 5.41) is 0. The number of hydrogen-bond donors (Lipinski definition) is 2. The molecule has 19 heavy (non-hydrogen) atoms. The molecule has 0 radical (unpaired) electrons. The van der Waals surface area contributed by atoms with Crippen LogP contribution in [0.15, 0.2) is 18.3 Å². The number of hydrogen-bond acceptors (Lipinski definition) is 4. The molecular weight excluding hydrogens is 236 g/mol. The smallest absolute Gasteiger partial charge is 0.126 e. The molecule has 4 heteroatoms. The van der Waals surface area contributed by atoms with Gasteiger partial charge in [-0.05, 0) is 44.5 Å². The fraction of sp³-hybridized carbons (Fsp3) is 0.667. The monoisotopic (exact) mass is 264 g/mol. The number of nitrogens with zero attached hydrogens (tertiary/aromatic N) is 2. The Balaban J connectivity index is 2.90. The highest BCUT2D eigenvalue weighted by Crippen LogP contribution is 2.25. The van der Waals surface area contributed by atoms with E-state index in [-0.39, 0.29) is 11.6 Å². The number of likely N-dealkylation sites (N-methyl/N-ethyl adjacent to an activating group) is 1. The summed E-state index contributed by atoms with van der Waals surface area (Å²) < 4.78 is 0. The van der Waals surface area contributed by atoms with E-state index in [9.17, 15) is 0 Å². The lowest BCUT2D eigenvalue weighted by Crippen LogP contribution is -2.58. The SMILES string of the molecule is CCN(CC)C(C)(CC)C(N)Cc1cccnc1N. The maximum atomic E-state index is 6.49. The average Bonchev–Trinajstić information content (AvgIpc) is 2.42. The van der Waals surface area contributed by atoms with Crippen molar-refractivity contribution in [1.29, 1.82) is 0 Å². The minimum Gasteiger partial charge on any atom is -0.383 e. The van der Waals surface area contributed by atoms with Crippen LogP contribution in [0.25, 0.3) is 0 Å².